The number of methoxy groups -OCH3 is 2. The van der Waals surface area contributed by atoms with Gasteiger partial charge >= 0.3 is 5.97 Å². The van der Waals surface area contributed by atoms with Crippen molar-refractivity contribution in [3.63, 3.8) is 0 Å². The summed E-state index contributed by atoms with van der Waals surface area (Å²) in [6, 6.07) is 9.62. The number of esters is 1. The molecule has 0 aliphatic heterocycles. The third-order valence-corrected chi connectivity index (χ3v) is 5.24. The summed E-state index contributed by atoms with van der Waals surface area (Å²) in [5.74, 6) is -0.225. The van der Waals surface area contributed by atoms with Gasteiger partial charge in [0.2, 0.25) is 0 Å². The molecule has 0 amide bonds. The second kappa shape index (κ2) is 7.46. The van der Waals surface area contributed by atoms with Gasteiger partial charge in [0.05, 0.1) is 25.9 Å². The van der Waals surface area contributed by atoms with Crippen molar-refractivity contribution < 1.29 is 23.8 Å². The standard InChI is InChI=1S/C21H23FO4/c1-12-4-9-19(23)20(12)17-10-13(21(24)26-3)5-7-15(17)16-11-14(25-2)6-8-18(16)22/h5-8,10-12,19-20,23H,4,9H2,1-3H3. The first-order valence-electron chi connectivity index (χ1n) is 8.70. The fourth-order valence-corrected chi connectivity index (χ4v) is 3.85. The molecule has 0 spiro atoms. The van der Waals surface area contributed by atoms with Gasteiger partial charge in [-0.15, -0.1) is 0 Å². The van der Waals surface area contributed by atoms with Gasteiger partial charge in [-0.25, -0.2) is 9.18 Å². The maximum atomic E-state index is 14.6. The van der Waals surface area contributed by atoms with E-state index in [-0.39, 0.29) is 17.7 Å². The molecule has 26 heavy (non-hydrogen) atoms. The zero-order chi connectivity index (χ0) is 18.8. The Hall–Kier alpha value is -2.40. The van der Waals surface area contributed by atoms with Gasteiger partial charge in [0, 0.05) is 11.5 Å². The SMILES string of the molecule is COC(=O)c1ccc(-c2cc(OC)ccc2F)c(C2C(C)CCC2O)c1. The fraction of sp³-hybridized carbons (Fsp3) is 0.381. The van der Waals surface area contributed by atoms with E-state index < -0.39 is 12.1 Å². The Kier molecular flexibility index (Phi) is 5.28. The van der Waals surface area contributed by atoms with Crippen molar-refractivity contribution in [1.82, 2.24) is 0 Å². The van der Waals surface area contributed by atoms with Crippen molar-refractivity contribution in [2.75, 3.05) is 14.2 Å². The smallest absolute Gasteiger partial charge is 0.337 e. The van der Waals surface area contributed by atoms with Crippen molar-refractivity contribution in [1.29, 1.82) is 0 Å². The van der Waals surface area contributed by atoms with E-state index in [1.54, 1.807) is 30.3 Å². The second-order valence-corrected chi connectivity index (χ2v) is 6.79. The van der Waals surface area contributed by atoms with Crippen molar-refractivity contribution in [2.45, 2.75) is 31.8 Å². The summed E-state index contributed by atoms with van der Waals surface area (Å²) in [6.07, 6.45) is 1.05. The molecule has 2 aromatic carbocycles. The lowest BCUT2D eigenvalue weighted by atomic mass is 9.83. The molecule has 1 aliphatic rings. The number of halogens is 1. The summed E-state index contributed by atoms with van der Waals surface area (Å²) in [5, 5.41) is 10.5. The lowest BCUT2D eigenvalue weighted by Crippen LogP contribution is -2.17. The number of ether oxygens (including phenoxy) is 2. The number of aliphatic hydroxyl groups is 1. The monoisotopic (exact) mass is 358 g/mol. The predicted molar refractivity (Wildman–Crippen MR) is 96.9 cm³/mol. The maximum absolute atomic E-state index is 14.6. The van der Waals surface area contributed by atoms with E-state index in [0.29, 0.717) is 28.9 Å². The molecule has 0 saturated heterocycles. The van der Waals surface area contributed by atoms with E-state index in [2.05, 4.69) is 6.92 Å². The largest absolute Gasteiger partial charge is 0.497 e. The highest BCUT2D eigenvalue weighted by atomic mass is 19.1. The Morgan fingerprint density at radius 3 is 2.50 bits per heavy atom. The third kappa shape index (κ3) is 3.31. The molecule has 3 unspecified atom stereocenters. The Morgan fingerprint density at radius 1 is 1.12 bits per heavy atom. The molecular weight excluding hydrogens is 335 g/mol. The molecule has 0 aromatic heterocycles. The van der Waals surface area contributed by atoms with Crippen molar-refractivity contribution in [2.24, 2.45) is 5.92 Å². The zero-order valence-corrected chi connectivity index (χ0v) is 15.2. The van der Waals surface area contributed by atoms with Crippen LogP contribution in [0.15, 0.2) is 36.4 Å². The van der Waals surface area contributed by atoms with Gasteiger partial charge in [0.1, 0.15) is 11.6 Å². The molecule has 5 heteroatoms. The highest BCUT2D eigenvalue weighted by Crippen LogP contribution is 2.44. The Labute approximate surface area is 152 Å². The molecular formula is C21H23FO4. The van der Waals surface area contributed by atoms with E-state index in [0.717, 1.165) is 12.0 Å². The van der Waals surface area contributed by atoms with Crippen molar-refractivity contribution in [3.05, 3.63) is 53.3 Å². The minimum Gasteiger partial charge on any atom is -0.497 e. The summed E-state index contributed by atoms with van der Waals surface area (Å²) in [6.45, 7) is 2.07. The highest BCUT2D eigenvalue weighted by Gasteiger charge is 2.35. The Morgan fingerprint density at radius 2 is 1.88 bits per heavy atom. The molecule has 1 aliphatic carbocycles. The van der Waals surface area contributed by atoms with Gasteiger partial charge in [0.15, 0.2) is 0 Å². The van der Waals surface area contributed by atoms with Crippen LogP contribution in [0.3, 0.4) is 0 Å². The number of hydrogen-bond donors (Lipinski definition) is 1. The molecule has 138 valence electrons. The van der Waals surface area contributed by atoms with Gasteiger partial charge in [-0.3, -0.25) is 0 Å². The minimum absolute atomic E-state index is 0.166. The Balaban J connectivity index is 2.20. The van der Waals surface area contributed by atoms with Gasteiger partial charge < -0.3 is 14.6 Å². The highest BCUT2D eigenvalue weighted by molar-refractivity contribution is 5.90. The summed E-state index contributed by atoms with van der Waals surface area (Å²) >= 11 is 0. The first-order chi connectivity index (χ1) is 12.5. The molecule has 2 aromatic rings. The lowest BCUT2D eigenvalue weighted by molar-refractivity contribution is 0.0600. The van der Waals surface area contributed by atoms with Crippen LogP contribution >= 0.6 is 0 Å². The van der Waals surface area contributed by atoms with Gasteiger partial charge in [0.25, 0.3) is 0 Å². The molecule has 4 nitrogen and oxygen atoms in total. The Bertz CT molecular complexity index is 808. The number of benzene rings is 2. The van der Waals surface area contributed by atoms with Crippen LogP contribution in [0.25, 0.3) is 11.1 Å². The van der Waals surface area contributed by atoms with Crippen LogP contribution in [0, 0.1) is 11.7 Å². The molecule has 3 rings (SSSR count). The van der Waals surface area contributed by atoms with E-state index in [9.17, 15) is 14.3 Å². The van der Waals surface area contributed by atoms with Crippen LogP contribution in [-0.2, 0) is 4.74 Å². The first kappa shape index (κ1) is 18.4. The number of hydrogen-bond acceptors (Lipinski definition) is 4. The summed E-state index contributed by atoms with van der Waals surface area (Å²) in [7, 11) is 2.85. The number of carbonyl (C=O) groups excluding carboxylic acids is 1. The van der Waals surface area contributed by atoms with Crippen molar-refractivity contribution >= 4 is 5.97 Å². The van der Waals surface area contributed by atoms with Crippen LogP contribution in [-0.4, -0.2) is 31.4 Å². The minimum atomic E-state index is -0.523. The van der Waals surface area contributed by atoms with E-state index in [4.69, 9.17) is 9.47 Å². The fourth-order valence-electron chi connectivity index (χ4n) is 3.85. The van der Waals surface area contributed by atoms with Crippen LogP contribution in [0.5, 0.6) is 5.75 Å². The maximum Gasteiger partial charge on any atom is 0.337 e. The van der Waals surface area contributed by atoms with Gasteiger partial charge in [-0.2, -0.15) is 0 Å². The summed E-state index contributed by atoms with van der Waals surface area (Å²) in [5.41, 5.74) is 2.20. The van der Waals surface area contributed by atoms with Crippen LogP contribution < -0.4 is 4.74 Å². The molecule has 0 heterocycles. The summed E-state index contributed by atoms with van der Waals surface area (Å²) < 4.78 is 24.6. The molecule has 0 bridgehead atoms. The van der Waals surface area contributed by atoms with Crippen LogP contribution in [0.2, 0.25) is 0 Å². The van der Waals surface area contributed by atoms with E-state index in [1.807, 2.05) is 0 Å². The normalized spacial score (nSPS) is 22.3. The topological polar surface area (TPSA) is 55.8 Å². The first-order valence-corrected chi connectivity index (χ1v) is 8.70. The van der Waals surface area contributed by atoms with E-state index in [1.165, 1.54) is 20.3 Å². The zero-order valence-electron chi connectivity index (χ0n) is 15.2. The summed E-state index contributed by atoms with van der Waals surface area (Å²) in [4.78, 5) is 12.0. The van der Waals surface area contributed by atoms with Gasteiger partial charge in [-0.1, -0.05) is 13.0 Å². The molecule has 1 fully saturated rings. The van der Waals surface area contributed by atoms with Crippen LogP contribution in [0.4, 0.5) is 4.39 Å². The molecule has 3 atom stereocenters. The number of aliphatic hydroxyl groups excluding tert-OH is 1. The third-order valence-electron chi connectivity index (χ3n) is 5.24. The molecule has 1 N–H and O–H groups in total. The quantitative estimate of drug-likeness (QED) is 0.834. The molecule has 1 saturated carbocycles. The predicted octanol–water partition coefficient (Wildman–Crippen LogP) is 4.16. The van der Waals surface area contributed by atoms with Gasteiger partial charge in [-0.05, 0) is 60.2 Å². The van der Waals surface area contributed by atoms with Crippen molar-refractivity contribution in [3.8, 4) is 16.9 Å². The lowest BCUT2D eigenvalue weighted by Gasteiger charge is -2.24. The van der Waals surface area contributed by atoms with E-state index >= 15 is 0 Å². The average Bonchev–Trinajstić information content (AvgIpc) is 2.99. The number of carbonyl (C=O) groups is 1. The average molecular weight is 358 g/mol. The second-order valence-electron chi connectivity index (χ2n) is 6.79. The van der Waals surface area contributed by atoms with Crippen LogP contribution in [0.1, 0.15) is 41.6 Å². The molecule has 0 radical (unpaired) electrons. The number of rotatable bonds is 4.